The third-order valence-electron chi connectivity index (χ3n) is 6.81. The van der Waals surface area contributed by atoms with Crippen molar-refractivity contribution in [2.45, 2.75) is 33.2 Å². The summed E-state index contributed by atoms with van der Waals surface area (Å²) in [5, 5.41) is 11.1. The van der Waals surface area contributed by atoms with Crippen molar-refractivity contribution in [3.8, 4) is 0 Å². The SMILES string of the molecule is C.O=C(Nc1ccc(CCc2ccc(F)cc2)nn1)[C@H]1CC(=O)N(c2ccc(CN3CCOCC3)cc2)C1. The van der Waals surface area contributed by atoms with Crippen molar-refractivity contribution in [2.24, 2.45) is 5.92 Å². The number of aromatic nitrogens is 2. The molecule has 0 radical (unpaired) electrons. The quantitative estimate of drug-likeness (QED) is 0.486. The number of hydrogen-bond acceptors (Lipinski definition) is 6. The lowest BCUT2D eigenvalue weighted by molar-refractivity contribution is -0.122. The zero-order valence-electron chi connectivity index (χ0n) is 20.6. The van der Waals surface area contributed by atoms with E-state index in [2.05, 4.69) is 20.4 Å². The molecule has 0 aliphatic carbocycles. The van der Waals surface area contributed by atoms with Crippen molar-refractivity contribution in [1.29, 1.82) is 0 Å². The van der Waals surface area contributed by atoms with Crippen LogP contribution >= 0.6 is 0 Å². The Labute approximate surface area is 222 Å². The maximum absolute atomic E-state index is 13.0. The first-order chi connectivity index (χ1) is 18.0. The van der Waals surface area contributed by atoms with E-state index in [1.807, 2.05) is 30.3 Å². The van der Waals surface area contributed by atoms with Crippen molar-refractivity contribution >= 4 is 23.3 Å². The summed E-state index contributed by atoms with van der Waals surface area (Å²) >= 11 is 0. The monoisotopic (exact) mass is 519 g/mol. The van der Waals surface area contributed by atoms with Crippen molar-refractivity contribution < 1.29 is 18.7 Å². The number of benzene rings is 2. The predicted molar refractivity (Wildman–Crippen MR) is 144 cm³/mol. The van der Waals surface area contributed by atoms with Gasteiger partial charge in [0.25, 0.3) is 0 Å². The number of aryl methyl sites for hydroxylation is 2. The van der Waals surface area contributed by atoms with Gasteiger partial charge in [0.05, 0.1) is 24.8 Å². The minimum atomic E-state index is -0.458. The normalized spacial score (nSPS) is 17.8. The third kappa shape index (κ3) is 6.99. The summed E-state index contributed by atoms with van der Waals surface area (Å²) in [5.74, 6) is -0.668. The summed E-state index contributed by atoms with van der Waals surface area (Å²) in [6.45, 7) is 4.55. The summed E-state index contributed by atoms with van der Waals surface area (Å²) in [6.07, 6.45) is 1.53. The van der Waals surface area contributed by atoms with Gasteiger partial charge in [-0.05, 0) is 60.4 Å². The van der Waals surface area contributed by atoms with E-state index in [9.17, 15) is 14.0 Å². The summed E-state index contributed by atoms with van der Waals surface area (Å²) in [4.78, 5) is 29.5. The van der Waals surface area contributed by atoms with Gasteiger partial charge in [-0.25, -0.2) is 4.39 Å². The minimum absolute atomic E-state index is 0. The lowest BCUT2D eigenvalue weighted by atomic mass is 10.1. The molecule has 9 heteroatoms. The standard InChI is InChI=1S/C28H30FN5O3.CH4/c29-23-6-1-20(2-7-23)3-8-24-9-12-26(32-31-24)30-28(36)22-17-27(35)34(19-22)25-10-4-21(5-11-25)18-33-13-15-37-16-14-33;/h1-2,4-7,9-12,22H,3,8,13-19H2,(H,30,32,36);1H4/t22-;/m0./s1. The Morgan fingerprint density at radius 1 is 0.947 bits per heavy atom. The number of hydrogen-bond donors (Lipinski definition) is 1. The van der Waals surface area contributed by atoms with Crippen molar-refractivity contribution in [3.05, 3.63) is 83.3 Å². The molecule has 0 unspecified atom stereocenters. The van der Waals surface area contributed by atoms with Crippen LogP contribution in [0.15, 0.2) is 60.7 Å². The molecule has 2 saturated heterocycles. The topological polar surface area (TPSA) is 87.7 Å². The first kappa shape index (κ1) is 27.3. The number of carbonyl (C=O) groups excluding carboxylic acids is 2. The van der Waals surface area contributed by atoms with Crippen LogP contribution in [0.1, 0.15) is 30.7 Å². The average Bonchev–Trinajstić information content (AvgIpc) is 3.32. The van der Waals surface area contributed by atoms with Crippen molar-refractivity contribution in [2.75, 3.05) is 43.1 Å². The molecule has 8 nitrogen and oxygen atoms in total. The molecular weight excluding hydrogens is 485 g/mol. The molecule has 1 atom stereocenters. The summed E-state index contributed by atoms with van der Waals surface area (Å²) in [5.41, 5.74) is 3.78. The van der Waals surface area contributed by atoms with Gasteiger partial charge < -0.3 is 15.0 Å². The van der Waals surface area contributed by atoms with Gasteiger partial charge >= 0.3 is 0 Å². The average molecular weight is 520 g/mol. The molecule has 2 fully saturated rings. The van der Waals surface area contributed by atoms with Gasteiger partial charge in [-0.15, -0.1) is 5.10 Å². The van der Waals surface area contributed by atoms with Crippen LogP contribution in [0.3, 0.4) is 0 Å². The van der Waals surface area contributed by atoms with Gasteiger partial charge in [0.1, 0.15) is 5.82 Å². The Kier molecular flexibility index (Phi) is 9.15. The van der Waals surface area contributed by atoms with Crippen LogP contribution in [0, 0.1) is 11.7 Å². The number of carbonyl (C=O) groups is 2. The highest BCUT2D eigenvalue weighted by Crippen LogP contribution is 2.26. The highest BCUT2D eigenvalue weighted by molar-refractivity contribution is 6.03. The fourth-order valence-corrected chi connectivity index (χ4v) is 4.64. The maximum atomic E-state index is 13.0. The first-order valence-corrected chi connectivity index (χ1v) is 12.6. The number of nitrogens with zero attached hydrogens (tertiary/aromatic N) is 4. The van der Waals surface area contributed by atoms with Gasteiger partial charge in [-0.3, -0.25) is 14.5 Å². The molecule has 0 saturated carbocycles. The van der Waals surface area contributed by atoms with Crippen molar-refractivity contribution in [1.82, 2.24) is 15.1 Å². The molecule has 2 aromatic carbocycles. The summed E-state index contributed by atoms with van der Waals surface area (Å²) < 4.78 is 18.4. The lowest BCUT2D eigenvalue weighted by Crippen LogP contribution is -2.35. The molecule has 1 aromatic heterocycles. The molecular formula is C29H34FN5O3. The Balaban J connectivity index is 0.00000336. The Hall–Kier alpha value is -3.69. The predicted octanol–water partition coefficient (Wildman–Crippen LogP) is 3.86. The largest absolute Gasteiger partial charge is 0.379 e. The molecule has 1 N–H and O–H groups in total. The van der Waals surface area contributed by atoms with Gasteiger partial charge in [-0.1, -0.05) is 31.7 Å². The molecule has 2 amide bonds. The van der Waals surface area contributed by atoms with E-state index in [0.29, 0.717) is 18.8 Å². The minimum Gasteiger partial charge on any atom is -0.379 e. The van der Waals surface area contributed by atoms with Crippen LogP contribution in [0.4, 0.5) is 15.9 Å². The highest BCUT2D eigenvalue weighted by Gasteiger charge is 2.35. The zero-order valence-corrected chi connectivity index (χ0v) is 20.6. The summed E-state index contributed by atoms with van der Waals surface area (Å²) in [7, 11) is 0. The first-order valence-electron chi connectivity index (χ1n) is 12.6. The molecule has 5 rings (SSSR count). The molecule has 3 aromatic rings. The van der Waals surface area contributed by atoms with E-state index in [4.69, 9.17) is 4.74 Å². The number of halogens is 1. The van der Waals surface area contributed by atoms with Gasteiger partial charge in [0.15, 0.2) is 5.82 Å². The second kappa shape index (κ2) is 12.7. The van der Waals surface area contributed by atoms with E-state index >= 15 is 0 Å². The second-order valence-electron chi connectivity index (χ2n) is 9.49. The van der Waals surface area contributed by atoms with Gasteiger partial charge in [-0.2, -0.15) is 5.10 Å². The second-order valence-corrected chi connectivity index (χ2v) is 9.49. The van der Waals surface area contributed by atoms with E-state index in [1.165, 1.54) is 17.7 Å². The number of morpholine rings is 1. The lowest BCUT2D eigenvalue weighted by Gasteiger charge is -2.26. The molecule has 2 aliphatic rings. The molecule has 38 heavy (non-hydrogen) atoms. The number of amides is 2. The Morgan fingerprint density at radius 2 is 1.66 bits per heavy atom. The van der Waals surface area contributed by atoms with Crippen LogP contribution in [-0.4, -0.2) is 59.8 Å². The third-order valence-corrected chi connectivity index (χ3v) is 6.81. The Morgan fingerprint density at radius 3 is 2.34 bits per heavy atom. The zero-order chi connectivity index (χ0) is 25.6. The molecule has 3 heterocycles. The number of ether oxygens (including phenoxy) is 1. The van der Waals surface area contributed by atoms with Crippen LogP contribution < -0.4 is 10.2 Å². The van der Waals surface area contributed by atoms with E-state index in [0.717, 1.165) is 56.2 Å². The van der Waals surface area contributed by atoms with Crippen LogP contribution in [-0.2, 0) is 33.7 Å². The number of rotatable bonds is 8. The molecule has 2 aliphatic heterocycles. The van der Waals surface area contributed by atoms with E-state index in [-0.39, 0.29) is 31.5 Å². The molecule has 200 valence electrons. The van der Waals surface area contributed by atoms with E-state index < -0.39 is 5.92 Å². The van der Waals surface area contributed by atoms with Gasteiger partial charge in [0.2, 0.25) is 11.8 Å². The van der Waals surface area contributed by atoms with Crippen LogP contribution in [0.5, 0.6) is 0 Å². The number of nitrogens with one attached hydrogen (secondary N) is 1. The van der Waals surface area contributed by atoms with Gasteiger partial charge in [0, 0.05) is 38.3 Å². The highest BCUT2D eigenvalue weighted by atomic mass is 19.1. The molecule has 0 spiro atoms. The Bertz CT molecular complexity index is 1210. The molecule has 0 bridgehead atoms. The fraction of sp³-hybridized carbons (Fsp3) is 0.379. The summed E-state index contributed by atoms with van der Waals surface area (Å²) in [6, 6.07) is 17.9. The van der Waals surface area contributed by atoms with Crippen LogP contribution in [0.25, 0.3) is 0 Å². The maximum Gasteiger partial charge on any atom is 0.231 e. The van der Waals surface area contributed by atoms with E-state index in [1.54, 1.807) is 23.1 Å². The number of anilines is 2. The van der Waals surface area contributed by atoms with Crippen LogP contribution in [0.2, 0.25) is 0 Å². The fourth-order valence-electron chi connectivity index (χ4n) is 4.64. The van der Waals surface area contributed by atoms with Crippen molar-refractivity contribution in [3.63, 3.8) is 0 Å². The smallest absolute Gasteiger partial charge is 0.231 e.